The molecule has 0 saturated carbocycles. The van der Waals surface area contributed by atoms with Crippen LogP contribution in [0, 0.1) is 0 Å². The van der Waals surface area contributed by atoms with Crippen molar-refractivity contribution in [3.8, 4) is 0 Å². The summed E-state index contributed by atoms with van der Waals surface area (Å²) in [5, 5.41) is 9.97. The fraction of sp³-hybridized carbons (Fsp3) is 0.412. The number of aliphatic hydroxyl groups is 1. The van der Waals surface area contributed by atoms with E-state index in [2.05, 4.69) is 13.2 Å². The molecule has 1 atom stereocenters. The van der Waals surface area contributed by atoms with Crippen molar-refractivity contribution in [2.45, 2.75) is 44.2 Å². The smallest absolute Gasteiger partial charge is 0.0840 e. The molecule has 3 N–H and O–H groups in total. The second-order valence-electron chi connectivity index (χ2n) is 5.61. The number of rotatable bonds is 7. The quantitative estimate of drug-likeness (QED) is 0.735. The molecule has 0 spiro atoms. The Hall–Kier alpha value is -1.38. The van der Waals surface area contributed by atoms with Gasteiger partial charge in [0, 0.05) is 5.54 Å². The molecule has 0 aliphatic heterocycles. The van der Waals surface area contributed by atoms with Crippen LogP contribution < -0.4 is 5.73 Å². The third-order valence-corrected chi connectivity index (χ3v) is 3.47. The average Bonchev–Trinajstić information content (AvgIpc) is 2.36. The van der Waals surface area contributed by atoms with E-state index < -0.39 is 11.1 Å². The van der Waals surface area contributed by atoms with Gasteiger partial charge in [-0.25, -0.2) is 0 Å². The minimum Gasteiger partial charge on any atom is -0.386 e. The second-order valence-corrected chi connectivity index (χ2v) is 5.61. The van der Waals surface area contributed by atoms with E-state index in [9.17, 15) is 5.11 Å². The van der Waals surface area contributed by atoms with Crippen molar-refractivity contribution < 1.29 is 5.11 Å². The Kier molecular flexibility index (Phi) is 5.10. The summed E-state index contributed by atoms with van der Waals surface area (Å²) in [6, 6.07) is 7.88. The van der Waals surface area contributed by atoms with Crippen LogP contribution >= 0.6 is 0 Å². The highest BCUT2D eigenvalue weighted by molar-refractivity contribution is 5.31. The SMILES string of the molecule is C=CCCC(N)(CC=C)c1ccc(C(C)(C)O)cc1. The Morgan fingerprint density at radius 3 is 2.05 bits per heavy atom. The third kappa shape index (κ3) is 4.05. The van der Waals surface area contributed by atoms with Crippen molar-refractivity contribution in [2.75, 3.05) is 0 Å². The van der Waals surface area contributed by atoms with Gasteiger partial charge in [-0.2, -0.15) is 0 Å². The third-order valence-electron chi connectivity index (χ3n) is 3.47. The monoisotopic (exact) mass is 259 g/mol. The summed E-state index contributed by atoms with van der Waals surface area (Å²) < 4.78 is 0. The van der Waals surface area contributed by atoms with E-state index in [1.54, 1.807) is 13.8 Å². The van der Waals surface area contributed by atoms with Crippen LogP contribution in [0.2, 0.25) is 0 Å². The molecular weight excluding hydrogens is 234 g/mol. The highest BCUT2D eigenvalue weighted by Gasteiger charge is 2.25. The normalized spacial score (nSPS) is 14.7. The van der Waals surface area contributed by atoms with Crippen LogP contribution in [-0.4, -0.2) is 5.11 Å². The first-order chi connectivity index (χ1) is 8.83. The van der Waals surface area contributed by atoms with Crippen LogP contribution in [0.15, 0.2) is 49.6 Å². The maximum Gasteiger partial charge on any atom is 0.0840 e. The van der Waals surface area contributed by atoms with Gasteiger partial charge in [0.25, 0.3) is 0 Å². The van der Waals surface area contributed by atoms with Gasteiger partial charge in [-0.05, 0) is 44.2 Å². The molecule has 2 nitrogen and oxygen atoms in total. The Morgan fingerprint density at radius 1 is 1.11 bits per heavy atom. The highest BCUT2D eigenvalue weighted by atomic mass is 16.3. The summed E-state index contributed by atoms with van der Waals surface area (Å²) in [4.78, 5) is 0. The van der Waals surface area contributed by atoms with Crippen molar-refractivity contribution in [3.05, 3.63) is 60.7 Å². The van der Waals surface area contributed by atoms with Crippen LogP contribution in [0.4, 0.5) is 0 Å². The summed E-state index contributed by atoms with van der Waals surface area (Å²) in [6.45, 7) is 11.1. The zero-order chi connectivity index (χ0) is 14.5. The van der Waals surface area contributed by atoms with Crippen molar-refractivity contribution in [2.24, 2.45) is 5.73 Å². The van der Waals surface area contributed by atoms with Gasteiger partial charge < -0.3 is 10.8 Å². The molecule has 0 bridgehead atoms. The fourth-order valence-corrected chi connectivity index (χ4v) is 2.19. The van der Waals surface area contributed by atoms with E-state index >= 15 is 0 Å². The van der Waals surface area contributed by atoms with E-state index in [-0.39, 0.29) is 0 Å². The number of hydrogen-bond acceptors (Lipinski definition) is 2. The van der Waals surface area contributed by atoms with Crippen molar-refractivity contribution >= 4 is 0 Å². The van der Waals surface area contributed by atoms with Gasteiger partial charge in [-0.3, -0.25) is 0 Å². The predicted molar refractivity (Wildman–Crippen MR) is 81.8 cm³/mol. The first-order valence-corrected chi connectivity index (χ1v) is 6.67. The molecule has 0 aliphatic rings. The van der Waals surface area contributed by atoms with E-state index in [1.807, 2.05) is 36.4 Å². The highest BCUT2D eigenvalue weighted by Crippen LogP contribution is 2.30. The maximum atomic E-state index is 9.97. The lowest BCUT2D eigenvalue weighted by molar-refractivity contribution is 0.0785. The van der Waals surface area contributed by atoms with Crippen LogP contribution in [0.5, 0.6) is 0 Å². The molecule has 1 rings (SSSR count). The van der Waals surface area contributed by atoms with Gasteiger partial charge in [0.15, 0.2) is 0 Å². The van der Waals surface area contributed by atoms with Crippen LogP contribution in [0.25, 0.3) is 0 Å². The largest absolute Gasteiger partial charge is 0.386 e. The van der Waals surface area contributed by atoms with Gasteiger partial charge in [0.05, 0.1) is 5.60 Å². The Labute approximate surface area is 116 Å². The molecule has 1 unspecified atom stereocenters. The first kappa shape index (κ1) is 15.7. The van der Waals surface area contributed by atoms with Gasteiger partial charge in [-0.1, -0.05) is 36.4 Å². The Balaban J connectivity index is 3.03. The van der Waals surface area contributed by atoms with E-state index in [4.69, 9.17) is 5.73 Å². The predicted octanol–water partition coefficient (Wildman–Crippen LogP) is 3.61. The zero-order valence-corrected chi connectivity index (χ0v) is 12.0. The summed E-state index contributed by atoms with van der Waals surface area (Å²) in [6.07, 6.45) is 6.17. The first-order valence-electron chi connectivity index (χ1n) is 6.67. The molecule has 0 aromatic heterocycles. The van der Waals surface area contributed by atoms with Crippen molar-refractivity contribution in [1.29, 1.82) is 0 Å². The minimum absolute atomic E-state index is 0.409. The standard InChI is InChI=1S/C17H25NO/c1-5-7-13-17(18,12-6-2)15-10-8-14(9-11-15)16(3,4)19/h5-6,8-11,19H,1-2,7,12-13,18H2,3-4H3. The second kappa shape index (κ2) is 6.18. The van der Waals surface area contributed by atoms with Crippen LogP contribution in [-0.2, 0) is 11.1 Å². The van der Waals surface area contributed by atoms with Crippen LogP contribution in [0.3, 0.4) is 0 Å². The molecule has 104 valence electrons. The van der Waals surface area contributed by atoms with E-state index in [0.717, 1.165) is 30.4 Å². The molecule has 0 amide bonds. The lowest BCUT2D eigenvalue weighted by Gasteiger charge is -2.29. The average molecular weight is 259 g/mol. The minimum atomic E-state index is -0.824. The molecule has 0 radical (unpaired) electrons. The summed E-state index contributed by atoms with van der Waals surface area (Å²) in [7, 11) is 0. The number of hydrogen-bond donors (Lipinski definition) is 2. The van der Waals surface area contributed by atoms with Gasteiger partial charge in [0.1, 0.15) is 0 Å². The maximum absolute atomic E-state index is 9.97. The fourth-order valence-electron chi connectivity index (χ4n) is 2.19. The molecule has 1 aromatic rings. The number of benzene rings is 1. The molecule has 0 fully saturated rings. The molecule has 0 saturated heterocycles. The molecular formula is C17H25NO. The lowest BCUT2D eigenvalue weighted by Crippen LogP contribution is -2.36. The van der Waals surface area contributed by atoms with Crippen LogP contribution in [0.1, 0.15) is 44.2 Å². The van der Waals surface area contributed by atoms with E-state index in [1.165, 1.54) is 0 Å². The number of nitrogens with two attached hydrogens (primary N) is 1. The summed E-state index contributed by atoms with van der Waals surface area (Å²) in [5.41, 5.74) is 7.22. The summed E-state index contributed by atoms with van der Waals surface area (Å²) in [5.74, 6) is 0. The molecule has 2 heteroatoms. The van der Waals surface area contributed by atoms with Crippen molar-refractivity contribution in [1.82, 2.24) is 0 Å². The van der Waals surface area contributed by atoms with Gasteiger partial charge in [-0.15, -0.1) is 13.2 Å². The Bertz CT molecular complexity index is 428. The topological polar surface area (TPSA) is 46.2 Å². The van der Waals surface area contributed by atoms with E-state index in [0.29, 0.717) is 0 Å². The number of allylic oxidation sites excluding steroid dienone is 1. The summed E-state index contributed by atoms with van der Waals surface area (Å²) >= 11 is 0. The molecule has 0 heterocycles. The molecule has 19 heavy (non-hydrogen) atoms. The molecule has 1 aromatic carbocycles. The zero-order valence-electron chi connectivity index (χ0n) is 12.0. The Morgan fingerprint density at radius 2 is 1.63 bits per heavy atom. The van der Waals surface area contributed by atoms with Gasteiger partial charge in [0.2, 0.25) is 0 Å². The molecule has 0 aliphatic carbocycles. The lowest BCUT2D eigenvalue weighted by atomic mass is 9.82. The van der Waals surface area contributed by atoms with Gasteiger partial charge >= 0.3 is 0 Å². The van der Waals surface area contributed by atoms with Crippen molar-refractivity contribution in [3.63, 3.8) is 0 Å².